The van der Waals surface area contributed by atoms with Crippen molar-refractivity contribution < 1.29 is 19.1 Å². The molecule has 1 heterocycles. The van der Waals surface area contributed by atoms with Crippen LogP contribution in [0.2, 0.25) is 0 Å². The van der Waals surface area contributed by atoms with E-state index in [9.17, 15) is 9.18 Å². The highest BCUT2D eigenvalue weighted by atomic mass is 19.1. The minimum Gasteiger partial charge on any atom is -0.396 e. The molecular formula is C33H43FN4O3. The number of nitriles is 1. The number of allylic oxidation sites excluding steroid dienone is 11. The molecule has 0 aromatic rings. The van der Waals surface area contributed by atoms with Gasteiger partial charge >= 0.3 is 0 Å². The molecule has 1 N–H and O–H groups in total. The van der Waals surface area contributed by atoms with Crippen LogP contribution in [-0.2, 0) is 9.63 Å². The van der Waals surface area contributed by atoms with Crippen molar-refractivity contribution in [1.29, 1.82) is 5.26 Å². The fraction of sp³-hybridized carbons (Fsp3) is 0.394. The molecule has 8 heteroatoms. The van der Waals surface area contributed by atoms with Gasteiger partial charge in [-0.15, -0.1) is 0 Å². The summed E-state index contributed by atoms with van der Waals surface area (Å²) in [6.45, 7) is 7.76. The lowest BCUT2D eigenvalue weighted by atomic mass is 9.87. The molecule has 1 rings (SSSR count). The van der Waals surface area contributed by atoms with E-state index in [4.69, 9.17) is 15.2 Å². The van der Waals surface area contributed by atoms with Crippen LogP contribution in [0.5, 0.6) is 0 Å². The number of aliphatic imine (C=N–C) groups is 1. The highest BCUT2D eigenvalue weighted by Gasteiger charge is 2.33. The number of nitrogens with zero attached hydrogens (tertiary/aromatic N) is 4. The highest BCUT2D eigenvalue weighted by Crippen LogP contribution is 2.33. The number of carbonyl (C=O) groups is 1. The Bertz CT molecular complexity index is 1180. The summed E-state index contributed by atoms with van der Waals surface area (Å²) in [5.41, 5.74) is 2.42. The van der Waals surface area contributed by atoms with Gasteiger partial charge in [-0.25, -0.2) is 9.38 Å². The Morgan fingerprint density at radius 1 is 1.17 bits per heavy atom. The minimum absolute atomic E-state index is 0.100. The van der Waals surface area contributed by atoms with Gasteiger partial charge < -0.3 is 9.94 Å². The Balaban J connectivity index is 3.36. The van der Waals surface area contributed by atoms with Crippen LogP contribution in [0.15, 0.2) is 106 Å². The van der Waals surface area contributed by atoms with E-state index in [1.54, 1.807) is 18.4 Å². The van der Waals surface area contributed by atoms with Crippen molar-refractivity contribution >= 4 is 18.0 Å². The number of rotatable bonds is 16. The summed E-state index contributed by atoms with van der Waals surface area (Å²) in [6, 6.07) is 2.11. The molecule has 41 heavy (non-hydrogen) atoms. The molecular weight excluding hydrogens is 519 g/mol. The first kappa shape index (κ1) is 34.9. The number of aliphatic hydroxyl groups excluding tert-OH is 1. The number of hydrogen-bond donors (Lipinski definition) is 1. The Morgan fingerprint density at radius 2 is 1.98 bits per heavy atom. The van der Waals surface area contributed by atoms with Gasteiger partial charge in [-0.05, 0) is 83.3 Å². The average Bonchev–Trinajstić information content (AvgIpc) is 2.98. The fourth-order valence-electron chi connectivity index (χ4n) is 4.08. The lowest BCUT2D eigenvalue weighted by Crippen LogP contribution is -2.33. The van der Waals surface area contributed by atoms with Crippen molar-refractivity contribution in [1.82, 2.24) is 4.90 Å². The van der Waals surface area contributed by atoms with Gasteiger partial charge in [0, 0.05) is 30.5 Å². The van der Waals surface area contributed by atoms with E-state index in [0.717, 1.165) is 29.7 Å². The van der Waals surface area contributed by atoms with Crippen molar-refractivity contribution in [2.75, 3.05) is 6.61 Å². The summed E-state index contributed by atoms with van der Waals surface area (Å²) in [5, 5.41) is 22.4. The molecule has 1 aliphatic heterocycles. The zero-order valence-electron chi connectivity index (χ0n) is 24.7. The third-order valence-electron chi connectivity index (χ3n) is 6.30. The van der Waals surface area contributed by atoms with Crippen LogP contribution in [0.1, 0.15) is 72.6 Å². The molecule has 7 nitrogen and oxygen atoms in total. The lowest BCUT2D eigenvalue weighted by Gasteiger charge is -2.32. The normalized spacial score (nSPS) is 19.5. The molecule has 0 saturated heterocycles. The van der Waals surface area contributed by atoms with Gasteiger partial charge in [0.15, 0.2) is 5.60 Å². The first-order valence-electron chi connectivity index (χ1n) is 13.9. The summed E-state index contributed by atoms with van der Waals surface area (Å²) in [5.74, 6) is 0.493. The lowest BCUT2D eigenvalue weighted by molar-refractivity contribution is -0.113. The van der Waals surface area contributed by atoms with Crippen molar-refractivity contribution in [2.45, 2.75) is 78.2 Å². The van der Waals surface area contributed by atoms with Gasteiger partial charge in [0.1, 0.15) is 5.84 Å². The predicted octanol–water partition coefficient (Wildman–Crippen LogP) is 7.70. The zero-order chi connectivity index (χ0) is 30.3. The molecule has 1 amide bonds. The summed E-state index contributed by atoms with van der Waals surface area (Å²) in [7, 11) is 0. The van der Waals surface area contributed by atoms with Crippen LogP contribution in [0.3, 0.4) is 0 Å². The van der Waals surface area contributed by atoms with Crippen LogP contribution in [0, 0.1) is 11.3 Å². The second kappa shape index (κ2) is 20.8. The zero-order valence-corrected chi connectivity index (χ0v) is 24.7. The van der Waals surface area contributed by atoms with Crippen molar-refractivity contribution in [2.24, 2.45) is 10.1 Å². The third kappa shape index (κ3) is 12.3. The van der Waals surface area contributed by atoms with Crippen LogP contribution in [0.4, 0.5) is 4.39 Å². The number of oxime groups is 1. The average molecular weight is 563 g/mol. The Hall–Kier alpha value is -4.09. The highest BCUT2D eigenvalue weighted by molar-refractivity contribution is 6.03. The first-order chi connectivity index (χ1) is 19.9. The van der Waals surface area contributed by atoms with Crippen molar-refractivity contribution in [3.05, 3.63) is 96.2 Å². The van der Waals surface area contributed by atoms with E-state index in [1.807, 2.05) is 70.2 Å². The molecule has 0 radical (unpaired) electrons. The van der Waals surface area contributed by atoms with Gasteiger partial charge in [-0.3, -0.25) is 9.69 Å². The van der Waals surface area contributed by atoms with Crippen LogP contribution >= 0.6 is 0 Å². The second-order valence-electron chi connectivity index (χ2n) is 9.30. The van der Waals surface area contributed by atoms with E-state index >= 15 is 0 Å². The van der Waals surface area contributed by atoms with Gasteiger partial charge in [-0.2, -0.15) is 5.26 Å². The Morgan fingerprint density at radius 3 is 2.56 bits per heavy atom. The van der Waals surface area contributed by atoms with Gasteiger partial charge in [0.2, 0.25) is 6.41 Å². The number of amidine groups is 1. The first-order valence-corrected chi connectivity index (χ1v) is 13.9. The molecule has 0 aliphatic carbocycles. The van der Waals surface area contributed by atoms with E-state index in [-0.39, 0.29) is 6.61 Å². The topological polar surface area (TPSA) is 98.3 Å². The molecule has 1 aliphatic rings. The van der Waals surface area contributed by atoms with E-state index < -0.39 is 5.60 Å². The maximum Gasteiger partial charge on any atom is 0.219 e. The van der Waals surface area contributed by atoms with Crippen molar-refractivity contribution in [3.8, 4) is 6.07 Å². The molecule has 1 atom stereocenters. The summed E-state index contributed by atoms with van der Waals surface area (Å²) < 4.78 is 12.7. The summed E-state index contributed by atoms with van der Waals surface area (Å²) in [6.07, 6.45) is 26.5. The number of amides is 1. The monoisotopic (exact) mass is 562 g/mol. The standard InChI is InChI=1S/C33H43FN4O3/c1-5-8-16-28(31-20-22-33(4,41-37-31)29(7-3)17-11-12-24-35)21-25-36-32(19-10-9-13-26-39)38(27-40)30(15-6-2)18-14-23-34/h5-8,11,14-18,21,23,25,27,39H,9-10,12-13,19-20,22,26H2,1-4H3/b8-5+,15-6-,17-11-,23-14+,25-21+,28-16+,29-7+,30-18+,36-32-. The molecule has 0 spiro atoms. The molecule has 0 aromatic heterocycles. The van der Waals surface area contributed by atoms with E-state index in [1.165, 1.54) is 17.1 Å². The van der Waals surface area contributed by atoms with Crippen LogP contribution in [-0.4, -0.2) is 40.2 Å². The second-order valence-corrected chi connectivity index (χ2v) is 9.30. The number of carbonyl (C=O) groups excluding carboxylic acids is 1. The van der Waals surface area contributed by atoms with E-state index in [2.05, 4.69) is 16.2 Å². The number of hydrogen-bond acceptors (Lipinski definition) is 6. The summed E-state index contributed by atoms with van der Waals surface area (Å²) in [4.78, 5) is 24.2. The quantitative estimate of drug-likeness (QED) is 0.0685. The largest absolute Gasteiger partial charge is 0.396 e. The molecule has 0 fully saturated rings. The minimum atomic E-state index is -0.604. The predicted molar refractivity (Wildman–Crippen MR) is 165 cm³/mol. The maximum atomic E-state index is 12.7. The molecule has 220 valence electrons. The number of halogens is 1. The van der Waals surface area contributed by atoms with Crippen LogP contribution < -0.4 is 0 Å². The molecule has 0 saturated carbocycles. The Kier molecular flexibility index (Phi) is 17.7. The summed E-state index contributed by atoms with van der Waals surface area (Å²) >= 11 is 0. The molecule has 0 bridgehead atoms. The Labute approximate surface area is 244 Å². The fourth-order valence-corrected chi connectivity index (χ4v) is 4.08. The maximum absolute atomic E-state index is 12.7. The molecule has 1 unspecified atom stereocenters. The van der Waals surface area contributed by atoms with Gasteiger partial charge in [0.05, 0.1) is 24.5 Å². The van der Waals surface area contributed by atoms with E-state index in [0.29, 0.717) is 56.4 Å². The number of unbranched alkanes of at least 4 members (excludes halogenated alkanes) is 2. The third-order valence-corrected chi connectivity index (χ3v) is 6.30. The SMILES string of the molecule is C\C=C/C(=C\C=C\F)N(C=O)\C(CCCCCO)=N/C=C/C(=C\C=C\C)C1=NOC(C)(C(/C=C\CC#N)=C/C)CC1. The van der Waals surface area contributed by atoms with Crippen LogP contribution in [0.25, 0.3) is 0 Å². The van der Waals surface area contributed by atoms with Gasteiger partial charge in [0.25, 0.3) is 0 Å². The van der Waals surface area contributed by atoms with Crippen molar-refractivity contribution in [3.63, 3.8) is 0 Å². The molecule has 0 aromatic carbocycles. The smallest absolute Gasteiger partial charge is 0.219 e. The van der Waals surface area contributed by atoms with Gasteiger partial charge in [-0.1, -0.05) is 54.1 Å². The number of aliphatic hydroxyl groups is 1.